The van der Waals surface area contributed by atoms with E-state index in [9.17, 15) is 22.8 Å². The number of halogens is 3. The lowest BCUT2D eigenvalue weighted by atomic mass is 9.86. The van der Waals surface area contributed by atoms with E-state index in [2.05, 4.69) is 4.98 Å². The highest BCUT2D eigenvalue weighted by Crippen LogP contribution is 2.46. The van der Waals surface area contributed by atoms with Gasteiger partial charge in [-0.3, -0.25) is 9.59 Å². The zero-order chi connectivity index (χ0) is 16.0. The molecule has 0 aliphatic carbocycles. The molecule has 2 heterocycles. The van der Waals surface area contributed by atoms with E-state index in [1.165, 1.54) is 11.3 Å². The molecule has 1 fully saturated rings. The Morgan fingerprint density at radius 3 is 2.38 bits per heavy atom. The Bertz CT molecular complexity index is 599. The maximum atomic E-state index is 13.1. The van der Waals surface area contributed by atoms with Crippen molar-refractivity contribution < 1.29 is 27.9 Å². The molecule has 1 unspecified atom stereocenters. The van der Waals surface area contributed by atoms with Crippen LogP contribution in [0.4, 0.5) is 13.2 Å². The second kappa shape index (κ2) is 4.97. The number of aryl methyl sites for hydroxylation is 2. The van der Waals surface area contributed by atoms with Crippen LogP contribution in [0.3, 0.4) is 0 Å². The minimum atomic E-state index is -4.90. The number of thiazole rings is 1. The summed E-state index contributed by atoms with van der Waals surface area (Å²) in [7, 11) is 0. The van der Waals surface area contributed by atoms with Crippen LogP contribution in [-0.2, 0) is 4.79 Å². The van der Waals surface area contributed by atoms with Crippen molar-refractivity contribution >= 4 is 23.2 Å². The highest BCUT2D eigenvalue weighted by molar-refractivity contribution is 7.11. The molecule has 116 valence electrons. The molecular weight excluding hydrogens is 309 g/mol. The average Bonchev–Trinajstić information content (AvgIpc) is 2.92. The number of likely N-dealkylation sites (tertiary alicyclic amines) is 1. The topological polar surface area (TPSA) is 70.5 Å². The second-order valence-corrected chi connectivity index (χ2v) is 6.41. The van der Waals surface area contributed by atoms with Gasteiger partial charge in [0.1, 0.15) is 5.69 Å². The van der Waals surface area contributed by atoms with Crippen molar-refractivity contribution in [2.24, 2.45) is 5.41 Å². The number of carboxylic acid groups (broad SMARTS) is 1. The molecule has 0 aromatic carbocycles. The van der Waals surface area contributed by atoms with Gasteiger partial charge < -0.3 is 10.0 Å². The molecule has 1 N–H and O–H groups in total. The standard InChI is InChI=1S/C12H13F3N2O3S/c1-6-8(16-7(2)21-6)9(18)17-4-3-11(5-17,10(19)20)12(13,14)15/h3-5H2,1-2H3,(H,19,20). The van der Waals surface area contributed by atoms with Crippen LogP contribution in [-0.4, -0.2) is 46.1 Å². The quantitative estimate of drug-likeness (QED) is 0.906. The molecule has 1 atom stereocenters. The van der Waals surface area contributed by atoms with Crippen LogP contribution in [0, 0.1) is 19.3 Å². The number of alkyl halides is 3. The maximum Gasteiger partial charge on any atom is 0.406 e. The van der Waals surface area contributed by atoms with E-state index >= 15 is 0 Å². The van der Waals surface area contributed by atoms with E-state index in [0.29, 0.717) is 9.88 Å². The molecule has 1 amide bonds. The fraction of sp³-hybridized carbons (Fsp3) is 0.583. The molecule has 1 saturated heterocycles. The summed E-state index contributed by atoms with van der Waals surface area (Å²) >= 11 is 1.27. The highest BCUT2D eigenvalue weighted by atomic mass is 32.1. The van der Waals surface area contributed by atoms with Gasteiger partial charge in [0.15, 0.2) is 5.41 Å². The van der Waals surface area contributed by atoms with E-state index in [4.69, 9.17) is 5.11 Å². The zero-order valence-corrected chi connectivity index (χ0v) is 12.1. The van der Waals surface area contributed by atoms with Crippen molar-refractivity contribution in [3.63, 3.8) is 0 Å². The Kier molecular flexibility index (Phi) is 3.73. The Morgan fingerprint density at radius 1 is 1.38 bits per heavy atom. The van der Waals surface area contributed by atoms with Gasteiger partial charge in [0.2, 0.25) is 0 Å². The molecule has 2 rings (SSSR count). The predicted octanol–water partition coefficient (Wildman–Crippen LogP) is 2.24. The van der Waals surface area contributed by atoms with E-state index in [0.717, 1.165) is 4.90 Å². The van der Waals surface area contributed by atoms with Crippen LogP contribution in [0.2, 0.25) is 0 Å². The van der Waals surface area contributed by atoms with Crippen molar-refractivity contribution in [2.75, 3.05) is 13.1 Å². The van der Waals surface area contributed by atoms with Crippen LogP contribution in [0.5, 0.6) is 0 Å². The Balaban J connectivity index is 2.28. The first-order valence-electron chi connectivity index (χ1n) is 6.12. The van der Waals surface area contributed by atoms with Gasteiger partial charge in [-0.1, -0.05) is 0 Å². The van der Waals surface area contributed by atoms with Crippen LogP contribution in [0.15, 0.2) is 0 Å². The summed E-state index contributed by atoms with van der Waals surface area (Å²) in [5.74, 6) is -2.60. The SMILES string of the molecule is Cc1nc(C(=O)N2CCC(C(=O)O)(C(F)(F)F)C2)c(C)s1. The molecule has 9 heteroatoms. The second-order valence-electron chi connectivity index (χ2n) is 5.00. The molecule has 1 aliphatic rings. The number of aliphatic carboxylic acids is 1. The molecule has 1 aromatic heterocycles. The molecule has 21 heavy (non-hydrogen) atoms. The van der Waals surface area contributed by atoms with Crippen molar-refractivity contribution in [3.05, 3.63) is 15.6 Å². The van der Waals surface area contributed by atoms with Gasteiger partial charge in [-0.15, -0.1) is 11.3 Å². The number of carboxylic acids is 1. The van der Waals surface area contributed by atoms with Crippen molar-refractivity contribution in [1.82, 2.24) is 9.88 Å². The number of carbonyl (C=O) groups is 2. The van der Waals surface area contributed by atoms with Gasteiger partial charge in [0, 0.05) is 18.0 Å². The summed E-state index contributed by atoms with van der Waals surface area (Å²) in [4.78, 5) is 28.8. The van der Waals surface area contributed by atoms with Gasteiger partial charge in [-0.05, 0) is 20.3 Å². The van der Waals surface area contributed by atoms with Crippen LogP contribution in [0.25, 0.3) is 0 Å². The fourth-order valence-corrected chi connectivity index (χ4v) is 3.20. The molecule has 0 saturated carbocycles. The van der Waals surface area contributed by atoms with Gasteiger partial charge in [0.25, 0.3) is 5.91 Å². The summed E-state index contributed by atoms with van der Waals surface area (Å²) < 4.78 is 39.2. The van der Waals surface area contributed by atoms with Crippen LogP contribution in [0.1, 0.15) is 26.8 Å². The lowest BCUT2D eigenvalue weighted by Gasteiger charge is -2.27. The van der Waals surface area contributed by atoms with Gasteiger partial charge >= 0.3 is 12.1 Å². The van der Waals surface area contributed by atoms with Crippen molar-refractivity contribution in [2.45, 2.75) is 26.4 Å². The normalized spacial score (nSPS) is 22.6. The number of nitrogens with zero attached hydrogens (tertiary/aromatic N) is 2. The maximum absolute atomic E-state index is 13.1. The Morgan fingerprint density at radius 2 is 2.00 bits per heavy atom. The Hall–Kier alpha value is -1.64. The molecule has 0 spiro atoms. The summed E-state index contributed by atoms with van der Waals surface area (Å²) in [6.07, 6.45) is -5.54. The smallest absolute Gasteiger partial charge is 0.406 e. The number of hydrogen-bond donors (Lipinski definition) is 1. The van der Waals surface area contributed by atoms with Crippen LogP contribution >= 0.6 is 11.3 Å². The van der Waals surface area contributed by atoms with E-state index in [1.807, 2.05) is 0 Å². The average molecular weight is 322 g/mol. The molecular formula is C12H13F3N2O3S. The Labute approximate surface area is 122 Å². The van der Waals surface area contributed by atoms with Gasteiger partial charge in [-0.25, -0.2) is 4.98 Å². The number of hydrogen-bond acceptors (Lipinski definition) is 4. The predicted molar refractivity (Wildman–Crippen MR) is 68.2 cm³/mol. The number of amides is 1. The number of aromatic nitrogens is 1. The molecule has 0 bridgehead atoms. The summed E-state index contributed by atoms with van der Waals surface area (Å²) in [5, 5.41) is 9.59. The molecule has 0 radical (unpaired) electrons. The van der Waals surface area contributed by atoms with E-state index < -0.39 is 36.4 Å². The van der Waals surface area contributed by atoms with Crippen LogP contribution < -0.4 is 0 Å². The summed E-state index contributed by atoms with van der Waals surface area (Å²) in [6, 6.07) is 0. The van der Waals surface area contributed by atoms with Crippen molar-refractivity contribution in [3.8, 4) is 0 Å². The lowest BCUT2D eigenvalue weighted by molar-refractivity contribution is -0.227. The molecule has 1 aliphatic heterocycles. The van der Waals surface area contributed by atoms with Gasteiger partial charge in [0.05, 0.1) is 5.01 Å². The minimum Gasteiger partial charge on any atom is -0.481 e. The van der Waals surface area contributed by atoms with E-state index in [-0.39, 0.29) is 12.2 Å². The van der Waals surface area contributed by atoms with E-state index in [1.54, 1.807) is 13.8 Å². The first kappa shape index (κ1) is 15.7. The first-order chi connectivity index (χ1) is 9.58. The number of carbonyl (C=O) groups excluding carboxylic acids is 1. The fourth-order valence-electron chi connectivity index (χ4n) is 2.39. The summed E-state index contributed by atoms with van der Waals surface area (Å²) in [6.45, 7) is 2.22. The van der Waals surface area contributed by atoms with Crippen molar-refractivity contribution in [1.29, 1.82) is 0 Å². The molecule has 1 aromatic rings. The third-order valence-corrected chi connectivity index (χ3v) is 4.50. The number of rotatable bonds is 2. The third-order valence-electron chi connectivity index (χ3n) is 3.61. The zero-order valence-electron chi connectivity index (χ0n) is 11.3. The minimum absolute atomic E-state index is 0.0980. The highest BCUT2D eigenvalue weighted by Gasteiger charge is 2.64. The molecule has 5 nitrogen and oxygen atoms in total. The third kappa shape index (κ3) is 2.50. The monoisotopic (exact) mass is 322 g/mol. The largest absolute Gasteiger partial charge is 0.481 e. The van der Waals surface area contributed by atoms with Gasteiger partial charge in [-0.2, -0.15) is 13.2 Å². The lowest BCUT2D eigenvalue weighted by Crippen LogP contribution is -2.47. The summed E-state index contributed by atoms with van der Waals surface area (Å²) in [5.41, 5.74) is -2.79. The first-order valence-corrected chi connectivity index (χ1v) is 6.93.